The highest BCUT2D eigenvalue weighted by Crippen LogP contribution is 2.12. The Balaban J connectivity index is 1.99. The summed E-state index contributed by atoms with van der Waals surface area (Å²) in [6.07, 6.45) is 13.1. The van der Waals surface area contributed by atoms with Gasteiger partial charge in [-0.05, 0) is 6.42 Å². The maximum Gasteiger partial charge on any atom is 0.225 e. The molecule has 0 atom stereocenters. The molecule has 21 heavy (non-hydrogen) atoms. The lowest BCUT2D eigenvalue weighted by Crippen LogP contribution is -2.12. The molecule has 1 amide bonds. The monoisotopic (exact) mass is 311 g/mol. The van der Waals surface area contributed by atoms with Crippen LogP contribution in [0.4, 0.5) is 5.82 Å². The van der Waals surface area contributed by atoms with Gasteiger partial charge >= 0.3 is 0 Å². The van der Waals surface area contributed by atoms with Crippen molar-refractivity contribution in [2.24, 2.45) is 0 Å². The number of halogens is 1. The molecule has 0 spiro atoms. The van der Waals surface area contributed by atoms with Crippen molar-refractivity contribution in [3.8, 4) is 0 Å². The molecule has 1 heterocycles. The van der Waals surface area contributed by atoms with Crippen LogP contribution in [-0.4, -0.2) is 15.9 Å². The number of nitrogens with zero attached hydrogens (tertiary/aromatic N) is 2. The van der Waals surface area contributed by atoms with Crippen LogP contribution < -0.4 is 5.32 Å². The van der Waals surface area contributed by atoms with E-state index in [1.54, 1.807) is 6.07 Å². The van der Waals surface area contributed by atoms with E-state index in [0.29, 0.717) is 17.4 Å². The number of hydrogen-bond acceptors (Lipinski definition) is 3. The fourth-order valence-electron chi connectivity index (χ4n) is 2.20. The zero-order valence-corrected chi connectivity index (χ0v) is 13.7. The number of carbonyl (C=O) groups excluding carboxylic acids is 1. The number of nitrogens with one attached hydrogen (secondary N) is 1. The molecule has 0 aromatic carbocycles. The summed E-state index contributed by atoms with van der Waals surface area (Å²) in [5, 5.41) is 3.07. The first-order valence-electron chi connectivity index (χ1n) is 7.99. The molecular formula is C16H26ClN3O. The van der Waals surface area contributed by atoms with Crippen molar-refractivity contribution < 1.29 is 4.79 Å². The summed E-state index contributed by atoms with van der Waals surface area (Å²) in [7, 11) is 0. The summed E-state index contributed by atoms with van der Waals surface area (Å²) >= 11 is 5.73. The second-order valence-corrected chi connectivity index (χ2v) is 5.74. The number of carbonyl (C=O) groups is 1. The largest absolute Gasteiger partial charge is 0.311 e. The van der Waals surface area contributed by atoms with Gasteiger partial charge in [0.15, 0.2) is 0 Å². The zero-order chi connectivity index (χ0) is 15.3. The molecule has 0 radical (unpaired) electrons. The average molecular weight is 312 g/mol. The molecule has 118 valence electrons. The highest BCUT2D eigenvalue weighted by molar-refractivity contribution is 6.29. The predicted octanol–water partition coefficient (Wildman–Crippen LogP) is 4.99. The molecule has 1 N–H and O–H groups in total. The minimum absolute atomic E-state index is 0.00675. The molecule has 1 rings (SSSR count). The standard InChI is InChI=1S/C16H26ClN3O/c1-2-3-4-5-6-7-8-9-10-11-16(21)20-15-12-14(17)18-13-19-15/h12-13H,2-11H2,1H3,(H,18,19,20,21). The molecule has 0 aliphatic rings. The lowest BCUT2D eigenvalue weighted by molar-refractivity contribution is -0.116. The van der Waals surface area contributed by atoms with E-state index in [2.05, 4.69) is 22.2 Å². The maximum atomic E-state index is 11.7. The predicted molar refractivity (Wildman–Crippen MR) is 87.5 cm³/mol. The van der Waals surface area contributed by atoms with Gasteiger partial charge in [-0.3, -0.25) is 4.79 Å². The molecule has 0 saturated heterocycles. The first kappa shape index (κ1) is 17.9. The third-order valence-corrected chi connectivity index (χ3v) is 3.62. The van der Waals surface area contributed by atoms with Crippen LogP contribution >= 0.6 is 11.6 Å². The van der Waals surface area contributed by atoms with Gasteiger partial charge in [-0.25, -0.2) is 9.97 Å². The second kappa shape index (κ2) is 11.5. The van der Waals surface area contributed by atoms with Gasteiger partial charge in [-0.2, -0.15) is 0 Å². The second-order valence-electron chi connectivity index (χ2n) is 5.35. The molecule has 0 aliphatic carbocycles. The minimum Gasteiger partial charge on any atom is -0.311 e. The smallest absolute Gasteiger partial charge is 0.225 e. The van der Waals surface area contributed by atoms with Gasteiger partial charge in [0.05, 0.1) is 0 Å². The lowest BCUT2D eigenvalue weighted by Gasteiger charge is -2.04. The van der Waals surface area contributed by atoms with E-state index in [-0.39, 0.29) is 5.91 Å². The minimum atomic E-state index is -0.00675. The number of rotatable bonds is 11. The van der Waals surface area contributed by atoms with Crippen LogP contribution in [-0.2, 0) is 4.79 Å². The van der Waals surface area contributed by atoms with Crippen molar-refractivity contribution in [3.63, 3.8) is 0 Å². The van der Waals surface area contributed by atoms with Gasteiger partial charge in [0.25, 0.3) is 0 Å². The number of amides is 1. The molecule has 4 nitrogen and oxygen atoms in total. The number of hydrogen-bond donors (Lipinski definition) is 1. The van der Waals surface area contributed by atoms with Crippen LogP contribution in [0.2, 0.25) is 5.15 Å². The Morgan fingerprint density at radius 1 is 1.05 bits per heavy atom. The summed E-state index contributed by atoms with van der Waals surface area (Å²) in [4.78, 5) is 19.4. The van der Waals surface area contributed by atoms with Crippen LogP contribution in [0.3, 0.4) is 0 Å². The van der Waals surface area contributed by atoms with Gasteiger partial charge in [-0.1, -0.05) is 69.9 Å². The van der Waals surface area contributed by atoms with Crippen LogP contribution in [0, 0.1) is 0 Å². The molecule has 1 aromatic heterocycles. The SMILES string of the molecule is CCCCCCCCCCCC(=O)Nc1cc(Cl)ncn1. The first-order valence-corrected chi connectivity index (χ1v) is 8.37. The summed E-state index contributed by atoms with van der Waals surface area (Å²) in [6, 6.07) is 1.55. The van der Waals surface area contributed by atoms with Crippen molar-refractivity contribution in [2.45, 2.75) is 71.1 Å². The average Bonchev–Trinajstić information content (AvgIpc) is 2.45. The van der Waals surface area contributed by atoms with Crippen molar-refractivity contribution in [1.29, 1.82) is 0 Å². The van der Waals surface area contributed by atoms with E-state index in [1.807, 2.05) is 0 Å². The van der Waals surface area contributed by atoms with E-state index in [4.69, 9.17) is 11.6 Å². The van der Waals surface area contributed by atoms with E-state index in [9.17, 15) is 4.79 Å². The Bertz CT molecular complexity index is 412. The van der Waals surface area contributed by atoms with Gasteiger partial charge < -0.3 is 5.32 Å². The van der Waals surface area contributed by atoms with Crippen molar-refractivity contribution in [1.82, 2.24) is 9.97 Å². The molecule has 0 aliphatic heterocycles. The molecule has 0 bridgehead atoms. The molecule has 0 fully saturated rings. The zero-order valence-electron chi connectivity index (χ0n) is 12.9. The Labute approximate surface area is 132 Å². The Kier molecular flexibility index (Phi) is 9.79. The Morgan fingerprint density at radius 3 is 2.29 bits per heavy atom. The fraction of sp³-hybridized carbons (Fsp3) is 0.688. The quantitative estimate of drug-likeness (QED) is 0.462. The van der Waals surface area contributed by atoms with Gasteiger partial charge in [0.1, 0.15) is 17.3 Å². The fourth-order valence-corrected chi connectivity index (χ4v) is 2.35. The molecule has 0 saturated carbocycles. The van der Waals surface area contributed by atoms with Crippen molar-refractivity contribution in [2.75, 3.05) is 5.32 Å². The molecule has 0 unspecified atom stereocenters. The van der Waals surface area contributed by atoms with E-state index >= 15 is 0 Å². The molecular weight excluding hydrogens is 286 g/mol. The highest BCUT2D eigenvalue weighted by atomic mass is 35.5. The third-order valence-electron chi connectivity index (χ3n) is 3.41. The Hall–Kier alpha value is -1.16. The maximum absolute atomic E-state index is 11.7. The van der Waals surface area contributed by atoms with Gasteiger partial charge in [-0.15, -0.1) is 0 Å². The Morgan fingerprint density at radius 2 is 1.67 bits per heavy atom. The van der Waals surface area contributed by atoms with Crippen LogP contribution in [0.15, 0.2) is 12.4 Å². The normalized spacial score (nSPS) is 10.6. The third kappa shape index (κ3) is 9.40. The van der Waals surface area contributed by atoms with Gasteiger partial charge in [0, 0.05) is 12.5 Å². The van der Waals surface area contributed by atoms with Crippen LogP contribution in [0.5, 0.6) is 0 Å². The van der Waals surface area contributed by atoms with Gasteiger partial charge in [0.2, 0.25) is 5.91 Å². The summed E-state index contributed by atoms with van der Waals surface area (Å²) in [6.45, 7) is 2.24. The van der Waals surface area contributed by atoms with Crippen LogP contribution in [0.25, 0.3) is 0 Å². The topological polar surface area (TPSA) is 54.9 Å². The first-order chi connectivity index (χ1) is 10.2. The highest BCUT2D eigenvalue weighted by Gasteiger charge is 2.03. The number of aromatic nitrogens is 2. The van der Waals surface area contributed by atoms with E-state index in [0.717, 1.165) is 12.8 Å². The van der Waals surface area contributed by atoms with E-state index in [1.165, 1.54) is 51.3 Å². The summed E-state index contributed by atoms with van der Waals surface area (Å²) < 4.78 is 0. The molecule has 1 aromatic rings. The number of anilines is 1. The van der Waals surface area contributed by atoms with Crippen molar-refractivity contribution in [3.05, 3.63) is 17.5 Å². The summed E-state index contributed by atoms with van der Waals surface area (Å²) in [5.41, 5.74) is 0. The van der Waals surface area contributed by atoms with E-state index < -0.39 is 0 Å². The lowest BCUT2D eigenvalue weighted by atomic mass is 10.1. The summed E-state index contributed by atoms with van der Waals surface area (Å²) in [5.74, 6) is 0.462. The van der Waals surface area contributed by atoms with Crippen LogP contribution in [0.1, 0.15) is 71.1 Å². The van der Waals surface area contributed by atoms with Crippen molar-refractivity contribution >= 4 is 23.3 Å². The molecule has 5 heteroatoms. The number of unbranched alkanes of at least 4 members (excludes halogenated alkanes) is 8.